The lowest BCUT2D eigenvalue weighted by atomic mass is 10.0. The number of fused-ring (bicyclic) bond motifs is 3. The fourth-order valence-electron chi connectivity index (χ4n) is 4.54. The summed E-state index contributed by atoms with van der Waals surface area (Å²) in [4.78, 5) is 1.61. The number of hydrogen-bond donors (Lipinski definition) is 2. The van der Waals surface area contributed by atoms with E-state index in [9.17, 15) is 5.11 Å². The summed E-state index contributed by atoms with van der Waals surface area (Å²) in [7, 11) is 0. The highest BCUT2D eigenvalue weighted by Gasteiger charge is 2.37. The molecule has 1 fully saturated rings. The number of rotatable bonds is 3. The topological polar surface area (TPSA) is 40.3 Å². The van der Waals surface area contributed by atoms with Gasteiger partial charge in [-0.2, -0.15) is 5.10 Å². The Bertz CT molecular complexity index is 976. The molecule has 0 unspecified atom stereocenters. The number of phenolic OH excluding ortho intramolecular Hbond substituents is 1. The van der Waals surface area contributed by atoms with Crippen molar-refractivity contribution in [1.82, 2.24) is 5.01 Å². The first-order valence-corrected chi connectivity index (χ1v) is 9.90. The molecule has 0 bridgehead atoms. The monoisotopic (exact) mass is 370 g/mol. The van der Waals surface area contributed by atoms with E-state index in [4.69, 9.17) is 0 Å². The second kappa shape index (κ2) is 7.13. The highest BCUT2D eigenvalue weighted by atomic mass is 16.3. The molecule has 0 amide bonds. The van der Waals surface area contributed by atoms with E-state index in [-0.39, 0.29) is 5.75 Å². The number of hydrogen-bond acceptors (Lipinski definition) is 3. The van der Waals surface area contributed by atoms with Crippen LogP contribution in [0.1, 0.15) is 22.7 Å². The van der Waals surface area contributed by atoms with Crippen LogP contribution < -0.4 is 4.90 Å². The summed E-state index contributed by atoms with van der Waals surface area (Å²) in [5.41, 5.74) is 6.61. The second-order valence-electron chi connectivity index (χ2n) is 7.56. The van der Waals surface area contributed by atoms with Gasteiger partial charge in [0, 0.05) is 11.1 Å². The van der Waals surface area contributed by atoms with Gasteiger partial charge in [-0.15, -0.1) is 0 Å². The van der Waals surface area contributed by atoms with Crippen LogP contribution in [0.3, 0.4) is 0 Å². The van der Waals surface area contributed by atoms with Crippen molar-refractivity contribution in [1.29, 1.82) is 0 Å². The molecule has 4 heteroatoms. The van der Waals surface area contributed by atoms with Crippen molar-refractivity contribution in [3.63, 3.8) is 0 Å². The molecule has 2 aliphatic rings. The number of nitrogens with one attached hydrogen (secondary N) is 1. The zero-order chi connectivity index (χ0) is 18.9. The van der Waals surface area contributed by atoms with Gasteiger partial charge in [0.15, 0.2) is 0 Å². The molecule has 1 saturated heterocycles. The highest BCUT2D eigenvalue weighted by molar-refractivity contribution is 5.80. The van der Waals surface area contributed by atoms with E-state index in [1.54, 1.807) is 17.0 Å². The maximum Gasteiger partial charge on any atom is 0.140 e. The zero-order valence-electron chi connectivity index (χ0n) is 15.8. The predicted molar refractivity (Wildman–Crippen MR) is 112 cm³/mol. The minimum atomic E-state index is 0.275. The molecule has 1 aliphatic heterocycles. The van der Waals surface area contributed by atoms with Crippen molar-refractivity contribution in [3.05, 3.63) is 89.5 Å². The van der Waals surface area contributed by atoms with Gasteiger partial charge in [-0.3, -0.25) is 5.01 Å². The fourth-order valence-corrected chi connectivity index (χ4v) is 4.54. The Morgan fingerprint density at radius 1 is 0.857 bits per heavy atom. The van der Waals surface area contributed by atoms with Gasteiger partial charge in [-0.1, -0.05) is 60.7 Å². The van der Waals surface area contributed by atoms with Crippen molar-refractivity contribution in [3.8, 4) is 16.9 Å². The summed E-state index contributed by atoms with van der Waals surface area (Å²) in [5.74, 6) is 0.275. The average Bonchev–Trinajstić information content (AvgIpc) is 3.07. The van der Waals surface area contributed by atoms with E-state index in [1.807, 2.05) is 18.3 Å². The third-order valence-electron chi connectivity index (χ3n) is 5.86. The van der Waals surface area contributed by atoms with Crippen LogP contribution in [0.15, 0.2) is 77.9 Å². The second-order valence-corrected chi connectivity index (χ2v) is 7.56. The number of quaternary nitrogens is 1. The number of phenols is 1. The highest BCUT2D eigenvalue weighted by Crippen LogP contribution is 2.41. The Kier molecular flexibility index (Phi) is 4.34. The molecule has 3 aromatic carbocycles. The number of benzene rings is 3. The Balaban J connectivity index is 1.32. The Hall–Kier alpha value is -3.11. The van der Waals surface area contributed by atoms with Gasteiger partial charge in [-0.25, -0.2) is 0 Å². The van der Waals surface area contributed by atoms with Gasteiger partial charge in [0.2, 0.25) is 0 Å². The van der Waals surface area contributed by atoms with E-state index >= 15 is 0 Å². The van der Waals surface area contributed by atoms with Gasteiger partial charge in [0.1, 0.15) is 11.8 Å². The van der Waals surface area contributed by atoms with Crippen molar-refractivity contribution >= 4 is 6.21 Å². The fraction of sp³-hybridized carbons (Fsp3) is 0.208. The van der Waals surface area contributed by atoms with Crippen molar-refractivity contribution in [2.45, 2.75) is 6.04 Å². The van der Waals surface area contributed by atoms with Crippen LogP contribution in [0.5, 0.6) is 5.75 Å². The largest absolute Gasteiger partial charge is 0.508 e. The van der Waals surface area contributed by atoms with Crippen LogP contribution in [0.25, 0.3) is 11.1 Å². The van der Waals surface area contributed by atoms with Crippen molar-refractivity contribution < 1.29 is 10.0 Å². The number of nitrogens with zero attached hydrogens (tertiary/aromatic N) is 2. The van der Waals surface area contributed by atoms with Crippen LogP contribution in [-0.4, -0.2) is 42.5 Å². The predicted octanol–water partition coefficient (Wildman–Crippen LogP) is 2.70. The van der Waals surface area contributed by atoms with Gasteiger partial charge in [-0.05, 0) is 28.8 Å². The lowest BCUT2D eigenvalue weighted by Gasteiger charge is -2.34. The lowest BCUT2D eigenvalue weighted by molar-refractivity contribution is -0.929. The van der Waals surface area contributed by atoms with Crippen molar-refractivity contribution in [2.24, 2.45) is 5.10 Å². The van der Waals surface area contributed by atoms with Crippen molar-refractivity contribution in [2.75, 3.05) is 26.2 Å². The smallest absolute Gasteiger partial charge is 0.140 e. The summed E-state index contributed by atoms with van der Waals surface area (Å²) in [6, 6.07) is 25.3. The minimum absolute atomic E-state index is 0.275. The van der Waals surface area contributed by atoms with Crippen LogP contribution in [0.4, 0.5) is 0 Å². The van der Waals surface area contributed by atoms with E-state index in [0.717, 1.165) is 31.7 Å². The quantitative estimate of drug-likeness (QED) is 0.696. The maximum absolute atomic E-state index is 9.59. The molecule has 0 aromatic heterocycles. The van der Waals surface area contributed by atoms with E-state index in [2.05, 4.69) is 58.6 Å². The molecule has 2 N–H and O–H groups in total. The first kappa shape index (κ1) is 17.0. The molecule has 3 aromatic rings. The van der Waals surface area contributed by atoms with Crippen LogP contribution in [0.2, 0.25) is 0 Å². The van der Waals surface area contributed by atoms with E-state index in [1.165, 1.54) is 22.3 Å². The Morgan fingerprint density at radius 2 is 1.50 bits per heavy atom. The number of hydrazone groups is 1. The molecule has 1 heterocycles. The molecule has 0 atom stereocenters. The maximum atomic E-state index is 9.59. The van der Waals surface area contributed by atoms with Crippen LogP contribution in [0, 0.1) is 0 Å². The van der Waals surface area contributed by atoms with E-state index in [0.29, 0.717) is 6.04 Å². The van der Waals surface area contributed by atoms with Crippen LogP contribution >= 0.6 is 0 Å². The normalized spacial score (nSPS) is 17.1. The Morgan fingerprint density at radius 3 is 2.14 bits per heavy atom. The summed E-state index contributed by atoms with van der Waals surface area (Å²) in [5, 5.41) is 16.4. The zero-order valence-corrected chi connectivity index (χ0v) is 15.8. The van der Waals surface area contributed by atoms with Gasteiger partial charge < -0.3 is 10.0 Å². The SMILES string of the molecule is Oc1cccc(/C=N/N2CC[NH+](C3c4ccccc4-c4ccccc43)CC2)c1. The number of piperazine rings is 1. The Labute approximate surface area is 165 Å². The standard InChI is InChI=1S/C24H23N3O/c28-19-7-5-6-18(16-19)17-25-27-14-12-26(13-15-27)24-22-10-3-1-8-20(22)21-9-2-4-11-23(21)24/h1-11,16-17,24,28H,12-15H2/p+1/b25-17+. The molecule has 5 rings (SSSR count). The first-order valence-electron chi connectivity index (χ1n) is 9.90. The summed E-state index contributed by atoms with van der Waals surface area (Å²) in [6.07, 6.45) is 1.84. The lowest BCUT2D eigenvalue weighted by Crippen LogP contribution is -3.14. The summed E-state index contributed by atoms with van der Waals surface area (Å²) >= 11 is 0. The third kappa shape index (κ3) is 3.06. The van der Waals surface area contributed by atoms with Gasteiger partial charge >= 0.3 is 0 Å². The molecular weight excluding hydrogens is 346 g/mol. The molecule has 4 nitrogen and oxygen atoms in total. The van der Waals surface area contributed by atoms with Gasteiger partial charge in [0.25, 0.3) is 0 Å². The average molecular weight is 370 g/mol. The number of aromatic hydroxyl groups is 1. The summed E-state index contributed by atoms with van der Waals surface area (Å²) < 4.78 is 0. The third-order valence-corrected chi connectivity index (χ3v) is 5.86. The molecule has 0 saturated carbocycles. The van der Waals surface area contributed by atoms with Gasteiger partial charge in [0.05, 0.1) is 32.4 Å². The molecule has 0 spiro atoms. The molecule has 1 aliphatic carbocycles. The summed E-state index contributed by atoms with van der Waals surface area (Å²) in [6.45, 7) is 3.99. The molecule has 0 radical (unpaired) electrons. The molecule has 140 valence electrons. The van der Waals surface area contributed by atoms with Crippen LogP contribution in [-0.2, 0) is 0 Å². The van der Waals surface area contributed by atoms with E-state index < -0.39 is 0 Å². The minimum Gasteiger partial charge on any atom is -0.508 e. The molecular formula is C24H24N3O+. The molecule has 28 heavy (non-hydrogen) atoms. The first-order chi connectivity index (χ1) is 13.8.